The number of rotatable bonds is 0. The van der Waals surface area contributed by atoms with E-state index in [1.54, 1.807) is 16.8 Å². The molecule has 0 aromatic heterocycles. The van der Waals surface area contributed by atoms with E-state index in [1.165, 1.54) is 25.9 Å². The zero-order valence-corrected chi connectivity index (χ0v) is 8.09. The number of hydrogen-bond acceptors (Lipinski definition) is 1. The van der Waals surface area contributed by atoms with Crippen LogP contribution < -0.4 is 4.90 Å². The predicted octanol–water partition coefficient (Wildman–Crippen LogP) is 2.56. The molecule has 68 valence electrons. The number of para-hydroxylation sites is 1. The quantitative estimate of drug-likeness (QED) is 0.583. The van der Waals surface area contributed by atoms with Crippen LogP contribution in [0.3, 0.4) is 0 Å². The van der Waals surface area contributed by atoms with Gasteiger partial charge in [0.15, 0.2) is 0 Å². The SMILES string of the molecule is CC1CN2CCCc3cccc1c32. The molecule has 0 bridgehead atoms. The van der Waals surface area contributed by atoms with Gasteiger partial charge in [-0.2, -0.15) is 0 Å². The molecule has 1 nitrogen and oxygen atoms in total. The van der Waals surface area contributed by atoms with Crippen LogP contribution in [-0.2, 0) is 6.42 Å². The first-order valence-electron chi connectivity index (χ1n) is 5.23. The molecule has 2 aliphatic rings. The van der Waals surface area contributed by atoms with Crippen LogP contribution in [0.2, 0.25) is 0 Å². The molecule has 0 aliphatic carbocycles. The topological polar surface area (TPSA) is 3.24 Å². The monoisotopic (exact) mass is 173 g/mol. The molecule has 0 saturated heterocycles. The average molecular weight is 173 g/mol. The number of nitrogens with zero attached hydrogens (tertiary/aromatic N) is 1. The summed E-state index contributed by atoms with van der Waals surface area (Å²) < 4.78 is 0. The van der Waals surface area contributed by atoms with E-state index in [1.807, 2.05) is 0 Å². The van der Waals surface area contributed by atoms with Gasteiger partial charge in [-0.1, -0.05) is 25.1 Å². The van der Waals surface area contributed by atoms with Crippen molar-refractivity contribution in [3.05, 3.63) is 29.3 Å². The highest BCUT2D eigenvalue weighted by molar-refractivity contribution is 5.66. The Balaban J connectivity index is 2.22. The van der Waals surface area contributed by atoms with Crippen molar-refractivity contribution in [1.29, 1.82) is 0 Å². The van der Waals surface area contributed by atoms with E-state index in [9.17, 15) is 0 Å². The molecular weight excluding hydrogens is 158 g/mol. The minimum absolute atomic E-state index is 0.744. The summed E-state index contributed by atoms with van der Waals surface area (Å²) in [4.78, 5) is 2.57. The molecule has 0 spiro atoms. The van der Waals surface area contributed by atoms with Gasteiger partial charge in [0.2, 0.25) is 0 Å². The van der Waals surface area contributed by atoms with E-state index in [0.29, 0.717) is 0 Å². The second-order valence-corrected chi connectivity index (χ2v) is 4.31. The maximum absolute atomic E-state index is 2.57. The standard InChI is InChI=1S/C12H15N/c1-9-8-13-7-3-5-10-4-2-6-11(9)12(10)13/h2,4,6,9H,3,5,7-8H2,1H3. The molecule has 13 heavy (non-hydrogen) atoms. The van der Waals surface area contributed by atoms with Crippen molar-refractivity contribution in [2.45, 2.75) is 25.7 Å². The van der Waals surface area contributed by atoms with E-state index in [2.05, 4.69) is 30.0 Å². The number of benzene rings is 1. The summed E-state index contributed by atoms with van der Waals surface area (Å²) in [6.07, 6.45) is 2.62. The van der Waals surface area contributed by atoms with Gasteiger partial charge in [0, 0.05) is 24.7 Å². The smallest absolute Gasteiger partial charge is 0.0434 e. The number of hydrogen-bond donors (Lipinski definition) is 0. The molecule has 2 heterocycles. The highest BCUT2D eigenvalue weighted by atomic mass is 15.2. The Morgan fingerprint density at radius 1 is 1.38 bits per heavy atom. The number of aryl methyl sites for hydroxylation is 1. The van der Waals surface area contributed by atoms with Crippen LogP contribution in [0, 0.1) is 0 Å². The Kier molecular flexibility index (Phi) is 1.43. The highest BCUT2D eigenvalue weighted by Gasteiger charge is 2.29. The molecule has 0 saturated carbocycles. The summed E-state index contributed by atoms with van der Waals surface area (Å²) in [6, 6.07) is 6.82. The predicted molar refractivity (Wildman–Crippen MR) is 55.4 cm³/mol. The lowest BCUT2D eigenvalue weighted by Crippen LogP contribution is -2.26. The summed E-state index contributed by atoms with van der Waals surface area (Å²) in [5.41, 5.74) is 4.73. The van der Waals surface area contributed by atoms with Crippen molar-refractivity contribution in [2.75, 3.05) is 18.0 Å². The van der Waals surface area contributed by atoms with Crippen LogP contribution in [0.4, 0.5) is 5.69 Å². The minimum atomic E-state index is 0.744. The lowest BCUT2D eigenvalue weighted by Gasteiger charge is -2.26. The van der Waals surface area contributed by atoms with E-state index < -0.39 is 0 Å². The van der Waals surface area contributed by atoms with Crippen molar-refractivity contribution in [2.24, 2.45) is 0 Å². The third-order valence-corrected chi connectivity index (χ3v) is 3.37. The largest absolute Gasteiger partial charge is 0.370 e. The minimum Gasteiger partial charge on any atom is -0.370 e. The normalized spacial score (nSPS) is 24.7. The molecular formula is C12H15N. The molecule has 0 N–H and O–H groups in total. The molecule has 0 amide bonds. The van der Waals surface area contributed by atoms with Gasteiger partial charge in [-0.3, -0.25) is 0 Å². The molecule has 0 fully saturated rings. The lowest BCUT2D eigenvalue weighted by molar-refractivity contribution is 0.688. The Bertz CT molecular complexity index is 343. The van der Waals surface area contributed by atoms with Crippen LogP contribution in [0.15, 0.2) is 18.2 Å². The second-order valence-electron chi connectivity index (χ2n) is 4.31. The Morgan fingerprint density at radius 3 is 3.23 bits per heavy atom. The first-order valence-corrected chi connectivity index (χ1v) is 5.23. The fraction of sp³-hybridized carbons (Fsp3) is 0.500. The van der Waals surface area contributed by atoms with Crippen molar-refractivity contribution in [1.82, 2.24) is 0 Å². The van der Waals surface area contributed by atoms with Crippen molar-refractivity contribution >= 4 is 5.69 Å². The Morgan fingerprint density at radius 2 is 2.31 bits per heavy atom. The van der Waals surface area contributed by atoms with Gasteiger partial charge < -0.3 is 4.90 Å². The van der Waals surface area contributed by atoms with E-state index in [0.717, 1.165) is 5.92 Å². The summed E-state index contributed by atoms with van der Waals surface area (Å²) in [5, 5.41) is 0. The maximum atomic E-state index is 2.57. The fourth-order valence-corrected chi connectivity index (χ4v) is 2.78. The zero-order valence-electron chi connectivity index (χ0n) is 8.09. The second kappa shape index (κ2) is 2.50. The Hall–Kier alpha value is -0.980. The third kappa shape index (κ3) is 0.932. The third-order valence-electron chi connectivity index (χ3n) is 3.37. The summed E-state index contributed by atoms with van der Waals surface area (Å²) in [5.74, 6) is 0.744. The van der Waals surface area contributed by atoms with Gasteiger partial charge in [0.25, 0.3) is 0 Å². The van der Waals surface area contributed by atoms with Crippen LogP contribution >= 0.6 is 0 Å². The molecule has 1 heteroatoms. The first-order chi connectivity index (χ1) is 6.36. The molecule has 2 aliphatic heterocycles. The molecule has 1 unspecified atom stereocenters. The van der Waals surface area contributed by atoms with Gasteiger partial charge in [-0.05, 0) is 24.0 Å². The molecule has 3 rings (SSSR count). The van der Waals surface area contributed by atoms with Gasteiger partial charge in [0.05, 0.1) is 0 Å². The first kappa shape index (κ1) is 7.43. The molecule has 1 atom stereocenters. The fourth-order valence-electron chi connectivity index (χ4n) is 2.78. The summed E-state index contributed by atoms with van der Waals surface area (Å²) in [7, 11) is 0. The average Bonchev–Trinajstić information content (AvgIpc) is 2.47. The Labute approximate surface area is 79.4 Å². The van der Waals surface area contributed by atoms with Crippen molar-refractivity contribution in [3.63, 3.8) is 0 Å². The molecule has 0 radical (unpaired) electrons. The molecule has 1 aromatic carbocycles. The van der Waals surface area contributed by atoms with E-state index >= 15 is 0 Å². The zero-order chi connectivity index (χ0) is 8.84. The summed E-state index contributed by atoms with van der Waals surface area (Å²) in [6.45, 7) is 4.86. The van der Waals surface area contributed by atoms with Gasteiger partial charge in [-0.15, -0.1) is 0 Å². The van der Waals surface area contributed by atoms with Crippen LogP contribution in [-0.4, -0.2) is 13.1 Å². The summed E-state index contributed by atoms with van der Waals surface area (Å²) >= 11 is 0. The van der Waals surface area contributed by atoms with Crippen LogP contribution in [0.25, 0.3) is 0 Å². The maximum Gasteiger partial charge on any atom is 0.0434 e. The van der Waals surface area contributed by atoms with Crippen LogP contribution in [0.1, 0.15) is 30.4 Å². The van der Waals surface area contributed by atoms with Crippen LogP contribution in [0.5, 0.6) is 0 Å². The number of anilines is 1. The van der Waals surface area contributed by atoms with Crippen molar-refractivity contribution < 1.29 is 0 Å². The van der Waals surface area contributed by atoms with E-state index in [-0.39, 0.29) is 0 Å². The van der Waals surface area contributed by atoms with E-state index in [4.69, 9.17) is 0 Å². The van der Waals surface area contributed by atoms with Gasteiger partial charge in [-0.25, -0.2) is 0 Å². The van der Waals surface area contributed by atoms with Gasteiger partial charge in [0.1, 0.15) is 0 Å². The van der Waals surface area contributed by atoms with Crippen molar-refractivity contribution in [3.8, 4) is 0 Å². The van der Waals surface area contributed by atoms with Gasteiger partial charge >= 0.3 is 0 Å². The highest BCUT2D eigenvalue weighted by Crippen LogP contribution is 2.41. The molecule has 1 aromatic rings. The lowest BCUT2D eigenvalue weighted by atomic mass is 9.97.